The van der Waals surface area contributed by atoms with Gasteiger partial charge in [-0.1, -0.05) is 48.5 Å². The van der Waals surface area contributed by atoms with Crippen LogP contribution in [0.3, 0.4) is 0 Å². The highest BCUT2D eigenvalue weighted by Gasteiger charge is 2.08. The van der Waals surface area contributed by atoms with Crippen LogP contribution in [0.5, 0.6) is 5.75 Å². The lowest BCUT2D eigenvalue weighted by Crippen LogP contribution is -1.96. The van der Waals surface area contributed by atoms with Crippen molar-refractivity contribution in [3.05, 3.63) is 77.1 Å². The lowest BCUT2D eigenvalue weighted by Gasteiger charge is -2.05. The number of aromatic nitrogens is 3. The first kappa shape index (κ1) is 15.9. The molecule has 0 radical (unpaired) electrons. The summed E-state index contributed by atoms with van der Waals surface area (Å²) in [6, 6.07) is 15.1. The van der Waals surface area contributed by atoms with Crippen molar-refractivity contribution in [2.75, 3.05) is 0 Å². The third-order valence-electron chi connectivity index (χ3n) is 3.51. The van der Waals surface area contributed by atoms with Gasteiger partial charge in [0.25, 0.3) is 0 Å². The van der Waals surface area contributed by atoms with Crippen LogP contribution >= 0.6 is 12.2 Å². The van der Waals surface area contributed by atoms with Crippen molar-refractivity contribution in [1.29, 1.82) is 0 Å². The summed E-state index contributed by atoms with van der Waals surface area (Å²) in [5, 5.41) is 21.7. The first-order valence-electron chi connectivity index (χ1n) is 7.39. The fraction of sp³-hybridized carbons (Fsp3) is 0.0556. The number of aromatic amines is 1. The lowest BCUT2D eigenvalue weighted by molar-refractivity contribution is 0.469. The van der Waals surface area contributed by atoms with Crippen molar-refractivity contribution in [2.45, 2.75) is 6.42 Å². The molecule has 0 aliphatic carbocycles. The summed E-state index contributed by atoms with van der Waals surface area (Å²) in [7, 11) is 0. The summed E-state index contributed by atoms with van der Waals surface area (Å²) < 4.78 is 1.91. The van der Waals surface area contributed by atoms with Crippen LogP contribution in [0.25, 0.3) is 11.4 Å². The molecule has 0 saturated carbocycles. The zero-order chi connectivity index (χ0) is 16.9. The molecule has 1 aromatic heterocycles. The largest absolute Gasteiger partial charge is 0.507 e. The second kappa shape index (κ2) is 7.06. The van der Waals surface area contributed by atoms with Crippen molar-refractivity contribution in [2.24, 2.45) is 5.10 Å². The molecule has 6 heteroatoms. The van der Waals surface area contributed by atoms with E-state index in [0.29, 0.717) is 22.6 Å². The van der Waals surface area contributed by atoms with Crippen LogP contribution in [0.15, 0.2) is 66.3 Å². The molecule has 0 aliphatic rings. The Hall–Kier alpha value is -2.99. The van der Waals surface area contributed by atoms with Gasteiger partial charge in [0.05, 0.1) is 6.21 Å². The number of benzene rings is 2. The fourth-order valence-electron chi connectivity index (χ4n) is 2.33. The van der Waals surface area contributed by atoms with E-state index in [4.69, 9.17) is 12.2 Å². The second-order valence-electron chi connectivity index (χ2n) is 5.12. The average Bonchev–Trinajstić information content (AvgIpc) is 2.97. The molecule has 3 aromatic rings. The molecule has 3 rings (SSSR count). The summed E-state index contributed by atoms with van der Waals surface area (Å²) in [5.74, 6) is 0.802. The minimum atomic E-state index is 0.192. The number of allylic oxidation sites excluding steroid dienone is 1. The Morgan fingerprint density at radius 1 is 1.21 bits per heavy atom. The molecule has 120 valence electrons. The van der Waals surface area contributed by atoms with E-state index < -0.39 is 0 Å². The van der Waals surface area contributed by atoms with E-state index >= 15 is 0 Å². The quantitative estimate of drug-likeness (QED) is 0.421. The minimum absolute atomic E-state index is 0.192. The van der Waals surface area contributed by atoms with E-state index in [9.17, 15) is 5.11 Å². The first-order valence-corrected chi connectivity index (χ1v) is 7.80. The third-order valence-corrected chi connectivity index (χ3v) is 3.77. The number of H-pyrrole nitrogens is 1. The zero-order valence-electron chi connectivity index (χ0n) is 12.9. The zero-order valence-corrected chi connectivity index (χ0v) is 13.7. The summed E-state index contributed by atoms with van der Waals surface area (Å²) in [4.78, 5) is 0. The van der Waals surface area contributed by atoms with Crippen molar-refractivity contribution in [3.63, 3.8) is 0 Å². The van der Waals surface area contributed by atoms with Crippen molar-refractivity contribution >= 4 is 18.4 Å². The van der Waals surface area contributed by atoms with E-state index in [0.717, 1.165) is 11.1 Å². The van der Waals surface area contributed by atoms with E-state index in [-0.39, 0.29) is 5.75 Å². The number of aromatic hydroxyl groups is 1. The maximum atomic E-state index is 10.3. The van der Waals surface area contributed by atoms with Crippen LogP contribution in [0.4, 0.5) is 0 Å². The van der Waals surface area contributed by atoms with Gasteiger partial charge < -0.3 is 5.11 Å². The van der Waals surface area contributed by atoms with Gasteiger partial charge in [-0.3, -0.25) is 0 Å². The van der Waals surface area contributed by atoms with Crippen molar-refractivity contribution in [3.8, 4) is 17.1 Å². The average molecular weight is 336 g/mol. The summed E-state index contributed by atoms with van der Waals surface area (Å²) in [6.07, 6.45) is 3.91. The molecule has 5 nitrogen and oxygen atoms in total. The molecule has 0 unspecified atom stereocenters. The Balaban J connectivity index is 2.00. The van der Waals surface area contributed by atoms with E-state index in [1.54, 1.807) is 18.4 Å². The van der Waals surface area contributed by atoms with Gasteiger partial charge in [0.1, 0.15) is 5.75 Å². The van der Waals surface area contributed by atoms with Crippen LogP contribution < -0.4 is 0 Å². The molecule has 24 heavy (non-hydrogen) atoms. The molecule has 2 aromatic carbocycles. The molecule has 1 heterocycles. The van der Waals surface area contributed by atoms with Crippen LogP contribution in [-0.2, 0) is 6.42 Å². The van der Waals surface area contributed by atoms with E-state index in [2.05, 4.69) is 21.9 Å². The standard InChI is InChI=1S/C18H16N4OS/c1-2-7-13-10-6-11-15(16(13)23)12-19-22-17(20-21-18(22)24)14-8-4-3-5-9-14/h2-6,8-12,23H,1,7H2,(H,21,24)/b19-12+. The topological polar surface area (TPSA) is 66.2 Å². The number of para-hydroxylation sites is 1. The minimum Gasteiger partial charge on any atom is -0.507 e. The Kier molecular flexibility index (Phi) is 4.67. The molecule has 0 saturated heterocycles. The van der Waals surface area contributed by atoms with Crippen molar-refractivity contribution < 1.29 is 5.11 Å². The Morgan fingerprint density at radius 2 is 2.00 bits per heavy atom. The number of phenolic OH excluding ortho intramolecular Hbond substituents is 1. The molecule has 2 N–H and O–H groups in total. The Labute approximate surface area is 144 Å². The third kappa shape index (κ3) is 3.18. The predicted molar refractivity (Wildman–Crippen MR) is 97.8 cm³/mol. The summed E-state index contributed by atoms with van der Waals surface area (Å²) in [5.41, 5.74) is 2.30. The first-order chi connectivity index (χ1) is 11.7. The number of nitrogens with one attached hydrogen (secondary N) is 1. The molecular weight excluding hydrogens is 320 g/mol. The molecule has 0 atom stereocenters. The van der Waals surface area contributed by atoms with Gasteiger partial charge in [-0.15, -0.1) is 6.58 Å². The SMILES string of the molecule is C=CCc1cccc(/C=N/n2c(-c3ccccc3)n[nH]c2=S)c1O. The van der Waals surface area contributed by atoms with Crippen molar-refractivity contribution in [1.82, 2.24) is 14.9 Å². The number of hydrogen-bond acceptors (Lipinski definition) is 4. The molecule has 0 fully saturated rings. The normalized spacial score (nSPS) is 11.0. The molecule has 0 spiro atoms. The maximum absolute atomic E-state index is 10.3. The van der Waals surface area contributed by atoms with E-state index in [1.165, 1.54) is 4.68 Å². The molecule has 0 bridgehead atoms. The van der Waals surface area contributed by atoms with Crippen LogP contribution in [0.2, 0.25) is 0 Å². The number of phenols is 1. The van der Waals surface area contributed by atoms with Gasteiger partial charge in [-0.05, 0) is 30.3 Å². The van der Waals surface area contributed by atoms with Crippen LogP contribution in [-0.4, -0.2) is 26.2 Å². The second-order valence-corrected chi connectivity index (χ2v) is 5.51. The van der Waals surface area contributed by atoms with E-state index in [1.807, 2.05) is 42.5 Å². The van der Waals surface area contributed by atoms with Gasteiger partial charge in [-0.2, -0.15) is 14.9 Å². The highest BCUT2D eigenvalue weighted by Crippen LogP contribution is 2.22. The fourth-order valence-corrected chi connectivity index (χ4v) is 2.51. The highest BCUT2D eigenvalue weighted by atomic mass is 32.1. The Morgan fingerprint density at radius 3 is 2.75 bits per heavy atom. The monoisotopic (exact) mass is 336 g/mol. The molecular formula is C18H16N4OS. The summed E-state index contributed by atoms with van der Waals surface area (Å²) >= 11 is 5.24. The summed E-state index contributed by atoms with van der Waals surface area (Å²) in [6.45, 7) is 3.70. The van der Waals surface area contributed by atoms with Gasteiger partial charge in [0.2, 0.25) is 4.77 Å². The van der Waals surface area contributed by atoms with Crippen LogP contribution in [0.1, 0.15) is 11.1 Å². The van der Waals surface area contributed by atoms with Gasteiger partial charge in [-0.25, -0.2) is 5.10 Å². The van der Waals surface area contributed by atoms with Crippen LogP contribution in [0, 0.1) is 4.77 Å². The number of rotatable bonds is 5. The smallest absolute Gasteiger partial charge is 0.216 e. The van der Waals surface area contributed by atoms with Gasteiger partial charge in [0.15, 0.2) is 5.82 Å². The lowest BCUT2D eigenvalue weighted by atomic mass is 10.1. The molecule has 0 aliphatic heterocycles. The predicted octanol–water partition coefficient (Wildman–Crippen LogP) is 3.92. The van der Waals surface area contributed by atoms with Gasteiger partial charge in [0, 0.05) is 11.1 Å². The Bertz CT molecular complexity index is 941. The number of nitrogens with zero attached hydrogens (tertiary/aromatic N) is 3. The molecule has 0 amide bonds. The van der Waals surface area contributed by atoms with Gasteiger partial charge >= 0.3 is 0 Å². The maximum Gasteiger partial charge on any atom is 0.216 e. The highest BCUT2D eigenvalue weighted by molar-refractivity contribution is 7.71. The number of hydrogen-bond donors (Lipinski definition) is 2.